The number of allylic oxidation sites excluding steroid dienone is 7. The standard InChI is InChI=1S/C39H33NO/c1-5-27(24-33(26(2)3)29-20-21-38-34(25-29)35-17-10-11-22-39(35,4)41-38)28-13-12-14-30(23-28)40-36-18-8-6-15-31(36)32-16-7-9-19-37(32)40/h5-25,35H,2H2,1,3-4H3/b27-5+,33-24+/t35?,39-/m0/s1. The van der Waals surface area contributed by atoms with E-state index in [-0.39, 0.29) is 11.5 Å². The fourth-order valence-corrected chi connectivity index (χ4v) is 6.48. The highest BCUT2D eigenvalue weighted by Crippen LogP contribution is 2.48. The molecule has 2 heterocycles. The van der Waals surface area contributed by atoms with Gasteiger partial charge in [0.25, 0.3) is 0 Å². The van der Waals surface area contributed by atoms with Crippen molar-refractivity contribution >= 4 is 33.0 Å². The molecule has 2 aliphatic rings. The molecule has 5 aromatic rings. The summed E-state index contributed by atoms with van der Waals surface area (Å²) >= 11 is 0. The number of benzene rings is 4. The van der Waals surface area contributed by atoms with E-state index in [9.17, 15) is 0 Å². The molecule has 1 aromatic heterocycles. The zero-order valence-electron chi connectivity index (χ0n) is 23.8. The summed E-state index contributed by atoms with van der Waals surface area (Å²) in [5.41, 5.74) is 10.1. The molecule has 1 aliphatic heterocycles. The molecule has 0 amide bonds. The van der Waals surface area contributed by atoms with Crippen LogP contribution in [0.5, 0.6) is 5.75 Å². The molecule has 0 spiro atoms. The summed E-state index contributed by atoms with van der Waals surface area (Å²) in [5, 5.41) is 2.54. The van der Waals surface area contributed by atoms with Crippen LogP contribution in [0.2, 0.25) is 0 Å². The van der Waals surface area contributed by atoms with E-state index in [0.29, 0.717) is 0 Å². The van der Waals surface area contributed by atoms with Crippen LogP contribution in [-0.4, -0.2) is 10.2 Å². The first-order valence-electron chi connectivity index (χ1n) is 14.3. The van der Waals surface area contributed by atoms with E-state index in [1.165, 1.54) is 32.9 Å². The minimum absolute atomic E-state index is 0.206. The van der Waals surface area contributed by atoms with Gasteiger partial charge in [-0.2, -0.15) is 0 Å². The SMILES string of the molecule is C=C(C)/C(=C\C(=C/C)c1cccc(-n2c3ccccc3c3ccccc32)c1)c1ccc2c(c1)C1C=CC=C[C@]1(C)O2. The van der Waals surface area contributed by atoms with E-state index >= 15 is 0 Å². The Morgan fingerprint density at radius 2 is 1.59 bits per heavy atom. The molecule has 0 saturated heterocycles. The summed E-state index contributed by atoms with van der Waals surface area (Å²) in [5.74, 6) is 1.17. The van der Waals surface area contributed by atoms with Crippen molar-refractivity contribution in [3.63, 3.8) is 0 Å². The van der Waals surface area contributed by atoms with Gasteiger partial charge in [0.15, 0.2) is 0 Å². The Bertz CT molecular complexity index is 1920. The van der Waals surface area contributed by atoms with Crippen molar-refractivity contribution in [1.82, 2.24) is 4.57 Å². The molecule has 41 heavy (non-hydrogen) atoms. The Balaban J connectivity index is 1.31. The lowest BCUT2D eigenvalue weighted by Gasteiger charge is -2.27. The lowest BCUT2D eigenvalue weighted by Crippen LogP contribution is -2.32. The fourth-order valence-electron chi connectivity index (χ4n) is 6.48. The second kappa shape index (κ2) is 9.67. The van der Waals surface area contributed by atoms with Gasteiger partial charge in [0.2, 0.25) is 0 Å². The highest BCUT2D eigenvalue weighted by Gasteiger charge is 2.42. The normalized spacial score (nSPS) is 19.8. The number of rotatable bonds is 5. The van der Waals surface area contributed by atoms with Crippen molar-refractivity contribution in [1.29, 1.82) is 0 Å². The van der Waals surface area contributed by atoms with Crippen LogP contribution in [0.25, 0.3) is 38.6 Å². The van der Waals surface area contributed by atoms with Crippen LogP contribution >= 0.6 is 0 Å². The summed E-state index contributed by atoms with van der Waals surface area (Å²) in [6, 6.07) is 32.7. The molecule has 1 unspecified atom stereocenters. The zero-order chi connectivity index (χ0) is 28.1. The van der Waals surface area contributed by atoms with Gasteiger partial charge < -0.3 is 9.30 Å². The molecule has 7 rings (SSSR count). The minimum atomic E-state index is -0.329. The molecule has 4 aromatic carbocycles. The first kappa shape index (κ1) is 25.2. The summed E-state index contributed by atoms with van der Waals surface area (Å²) in [6.07, 6.45) is 13.1. The molecule has 0 saturated carbocycles. The highest BCUT2D eigenvalue weighted by molar-refractivity contribution is 6.09. The average Bonchev–Trinajstić information content (AvgIpc) is 3.49. The first-order chi connectivity index (χ1) is 20.0. The Morgan fingerprint density at radius 1 is 0.854 bits per heavy atom. The molecule has 0 N–H and O–H groups in total. The van der Waals surface area contributed by atoms with E-state index in [1.807, 2.05) is 0 Å². The number of ether oxygens (including phenoxy) is 1. The van der Waals surface area contributed by atoms with Gasteiger partial charge in [-0.3, -0.25) is 0 Å². The zero-order valence-corrected chi connectivity index (χ0v) is 23.8. The lowest BCUT2D eigenvalue weighted by molar-refractivity contribution is 0.155. The Labute approximate surface area is 241 Å². The number of hydrogen-bond donors (Lipinski definition) is 0. The van der Waals surface area contributed by atoms with Crippen molar-refractivity contribution in [3.05, 3.63) is 156 Å². The van der Waals surface area contributed by atoms with E-state index in [1.54, 1.807) is 0 Å². The van der Waals surface area contributed by atoms with Crippen molar-refractivity contribution in [3.8, 4) is 11.4 Å². The topological polar surface area (TPSA) is 14.2 Å². The molecule has 200 valence electrons. The summed E-state index contributed by atoms with van der Waals surface area (Å²) in [4.78, 5) is 0. The number of hydrogen-bond acceptors (Lipinski definition) is 1. The minimum Gasteiger partial charge on any atom is -0.482 e. The first-order valence-corrected chi connectivity index (χ1v) is 14.3. The maximum atomic E-state index is 6.38. The fraction of sp³-hybridized carbons (Fsp3) is 0.128. The van der Waals surface area contributed by atoms with Crippen LogP contribution in [0, 0.1) is 0 Å². The van der Waals surface area contributed by atoms with Crippen molar-refractivity contribution in [2.75, 3.05) is 0 Å². The highest BCUT2D eigenvalue weighted by atomic mass is 16.5. The quantitative estimate of drug-likeness (QED) is 0.206. The molecular weight excluding hydrogens is 498 g/mol. The molecule has 0 bridgehead atoms. The largest absolute Gasteiger partial charge is 0.482 e. The van der Waals surface area contributed by atoms with Crippen LogP contribution < -0.4 is 4.74 Å². The van der Waals surface area contributed by atoms with Gasteiger partial charge in [-0.05, 0) is 91.6 Å². The van der Waals surface area contributed by atoms with Gasteiger partial charge in [0.05, 0.1) is 11.0 Å². The maximum Gasteiger partial charge on any atom is 0.135 e. The summed E-state index contributed by atoms with van der Waals surface area (Å²) in [6.45, 7) is 10.7. The third kappa shape index (κ3) is 4.10. The third-order valence-electron chi connectivity index (χ3n) is 8.53. The van der Waals surface area contributed by atoms with E-state index in [0.717, 1.165) is 33.7 Å². The van der Waals surface area contributed by atoms with E-state index in [2.05, 4.69) is 159 Å². The van der Waals surface area contributed by atoms with Gasteiger partial charge >= 0.3 is 0 Å². The molecular formula is C39H33NO. The molecule has 0 radical (unpaired) electrons. The number of aromatic nitrogens is 1. The molecule has 0 fully saturated rings. The molecule has 2 atom stereocenters. The average molecular weight is 532 g/mol. The van der Waals surface area contributed by atoms with Gasteiger partial charge in [-0.15, -0.1) is 0 Å². The Morgan fingerprint density at radius 3 is 2.29 bits per heavy atom. The number of nitrogens with zero attached hydrogens (tertiary/aromatic N) is 1. The predicted octanol–water partition coefficient (Wildman–Crippen LogP) is 10.2. The van der Waals surface area contributed by atoms with Crippen LogP contribution in [0.4, 0.5) is 0 Å². The second-order valence-electron chi connectivity index (χ2n) is 11.3. The molecule has 2 heteroatoms. The van der Waals surface area contributed by atoms with Gasteiger partial charge in [0.1, 0.15) is 11.4 Å². The van der Waals surface area contributed by atoms with Gasteiger partial charge in [0, 0.05) is 27.9 Å². The third-order valence-corrected chi connectivity index (χ3v) is 8.53. The van der Waals surface area contributed by atoms with Gasteiger partial charge in [-0.25, -0.2) is 0 Å². The Kier molecular flexibility index (Phi) is 5.94. The molecule has 2 nitrogen and oxygen atoms in total. The van der Waals surface area contributed by atoms with E-state index in [4.69, 9.17) is 4.74 Å². The van der Waals surface area contributed by atoms with Gasteiger partial charge in [-0.1, -0.05) is 91.1 Å². The number of fused-ring (bicyclic) bond motifs is 6. The van der Waals surface area contributed by atoms with Crippen molar-refractivity contribution in [2.45, 2.75) is 32.3 Å². The van der Waals surface area contributed by atoms with E-state index < -0.39 is 0 Å². The predicted molar refractivity (Wildman–Crippen MR) is 174 cm³/mol. The lowest BCUT2D eigenvalue weighted by atomic mass is 9.81. The molecule has 1 aliphatic carbocycles. The Hall–Kier alpha value is -4.82. The summed E-state index contributed by atoms with van der Waals surface area (Å²) in [7, 11) is 0. The summed E-state index contributed by atoms with van der Waals surface area (Å²) < 4.78 is 8.75. The van der Waals surface area contributed by atoms with Crippen LogP contribution in [0.1, 0.15) is 43.4 Å². The van der Waals surface area contributed by atoms with Crippen LogP contribution in [0.3, 0.4) is 0 Å². The van der Waals surface area contributed by atoms with Crippen molar-refractivity contribution in [2.24, 2.45) is 0 Å². The van der Waals surface area contributed by atoms with Crippen LogP contribution in [-0.2, 0) is 0 Å². The number of para-hydroxylation sites is 2. The maximum absolute atomic E-state index is 6.38. The smallest absolute Gasteiger partial charge is 0.135 e. The van der Waals surface area contributed by atoms with Crippen LogP contribution in [0.15, 0.2) is 140 Å². The van der Waals surface area contributed by atoms with Crippen molar-refractivity contribution < 1.29 is 4.74 Å². The monoisotopic (exact) mass is 531 g/mol. The second-order valence-corrected chi connectivity index (χ2v) is 11.3.